The van der Waals surface area contributed by atoms with E-state index in [0.29, 0.717) is 43.6 Å². The van der Waals surface area contributed by atoms with Crippen molar-refractivity contribution >= 4 is 10.9 Å². The fourth-order valence-corrected chi connectivity index (χ4v) is 3.56. The van der Waals surface area contributed by atoms with Gasteiger partial charge in [0.05, 0.1) is 5.52 Å². The van der Waals surface area contributed by atoms with Crippen LogP contribution in [0.2, 0.25) is 0 Å². The van der Waals surface area contributed by atoms with Gasteiger partial charge in [-0.05, 0) is 48.6 Å². The summed E-state index contributed by atoms with van der Waals surface area (Å²) in [5, 5.41) is 11.1. The van der Waals surface area contributed by atoms with Crippen LogP contribution in [0.5, 0.6) is 0 Å². The normalized spacial score (nSPS) is 11.3. The lowest BCUT2D eigenvalue weighted by Crippen LogP contribution is -2.29. The highest BCUT2D eigenvalue weighted by Crippen LogP contribution is 2.16. The Bertz CT molecular complexity index is 1200. The van der Waals surface area contributed by atoms with Crippen molar-refractivity contribution in [3.8, 4) is 0 Å². The van der Waals surface area contributed by atoms with E-state index in [0.717, 1.165) is 22.6 Å². The van der Waals surface area contributed by atoms with Crippen molar-refractivity contribution in [1.29, 1.82) is 0 Å². The first-order valence-electron chi connectivity index (χ1n) is 10.0. The monoisotopic (exact) mass is 405 g/mol. The van der Waals surface area contributed by atoms with E-state index in [1.54, 1.807) is 10.6 Å². The number of aromatic amines is 1. The van der Waals surface area contributed by atoms with E-state index < -0.39 is 0 Å². The second-order valence-electron chi connectivity index (χ2n) is 7.33. The second kappa shape index (κ2) is 9.00. The number of hydrogen-bond donors (Lipinski definition) is 2. The van der Waals surface area contributed by atoms with Crippen LogP contribution in [0.25, 0.3) is 10.9 Å². The molecule has 4 aromatic rings. The molecule has 2 heterocycles. The number of pyridine rings is 1. The predicted octanol–water partition coefficient (Wildman–Crippen LogP) is 3.14. The smallest absolute Gasteiger partial charge is 0.255 e. The van der Waals surface area contributed by atoms with E-state index in [9.17, 15) is 9.18 Å². The first-order valence-corrected chi connectivity index (χ1v) is 10.0. The number of aromatic nitrogens is 4. The summed E-state index contributed by atoms with van der Waals surface area (Å²) in [7, 11) is 0. The molecule has 0 saturated heterocycles. The number of fused-ring (bicyclic) bond motifs is 1. The van der Waals surface area contributed by atoms with Gasteiger partial charge in [-0.15, -0.1) is 0 Å². The minimum Gasteiger partial charge on any atom is -0.312 e. The van der Waals surface area contributed by atoms with Crippen LogP contribution >= 0.6 is 0 Å². The van der Waals surface area contributed by atoms with Gasteiger partial charge in [-0.1, -0.05) is 30.3 Å². The molecule has 0 radical (unpaired) electrons. The van der Waals surface area contributed by atoms with Gasteiger partial charge < -0.3 is 9.88 Å². The molecule has 0 amide bonds. The van der Waals surface area contributed by atoms with E-state index in [2.05, 4.69) is 20.5 Å². The van der Waals surface area contributed by atoms with Crippen molar-refractivity contribution in [2.45, 2.75) is 32.9 Å². The molecule has 30 heavy (non-hydrogen) atoms. The third kappa shape index (κ3) is 4.63. The van der Waals surface area contributed by atoms with Crippen LogP contribution in [0.15, 0.2) is 59.4 Å². The number of rotatable bonds is 8. The SMILES string of the molecule is Cc1nc(CCNCc2cc3ccc(F)cc3n(CCc3ccccc3)c2=O)n[nH]1. The van der Waals surface area contributed by atoms with E-state index in [1.165, 1.54) is 12.1 Å². The van der Waals surface area contributed by atoms with Crippen molar-refractivity contribution in [2.24, 2.45) is 0 Å². The molecule has 2 aromatic heterocycles. The molecule has 0 unspecified atom stereocenters. The largest absolute Gasteiger partial charge is 0.312 e. The molecule has 0 aliphatic carbocycles. The minimum atomic E-state index is -0.344. The van der Waals surface area contributed by atoms with Crippen LogP contribution in [-0.2, 0) is 25.9 Å². The molecule has 2 aromatic carbocycles. The van der Waals surface area contributed by atoms with Gasteiger partial charge in [-0.25, -0.2) is 9.37 Å². The highest BCUT2D eigenvalue weighted by atomic mass is 19.1. The molecule has 0 spiro atoms. The third-order valence-corrected chi connectivity index (χ3v) is 5.08. The summed E-state index contributed by atoms with van der Waals surface area (Å²) in [5.41, 5.74) is 2.33. The van der Waals surface area contributed by atoms with Gasteiger partial charge >= 0.3 is 0 Å². The van der Waals surface area contributed by atoms with Gasteiger partial charge in [-0.3, -0.25) is 9.89 Å². The van der Waals surface area contributed by atoms with Crippen LogP contribution in [0.1, 0.15) is 22.8 Å². The zero-order chi connectivity index (χ0) is 20.9. The summed E-state index contributed by atoms with van der Waals surface area (Å²) in [5.74, 6) is 1.19. The van der Waals surface area contributed by atoms with Crippen LogP contribution in [0.3, 0.4) is 0 Å². The van der Waals surface area contributed by atoms with Crippen LogP contribution in [0, 0.1) is 12.7 Å². The highest BCUT2D eigenvalue weighted by molar-refractivity contribution is 5.79. The van der Waals surface area contributed by atoms with Crippen LogP contribution in [-0.4, -0.2) is 26.3 Å². The summed E-state index contributed by atoms with van der Waals surface area (Å²) >= 11 is 0. The highest BCUT2D eigenvalue weighted by Gasteiger charge is 2.11. The van der Waals surface area contributed by atoms with Crippen molar-refractivity contribution < 1.29 is 4.39 Å². The minimum absolute atomic E-state index is 0.0923. The summed E-state index contributed by atoms with van der Waals surface area (Å²) in [4.78, 5) is 17.4. The summed E-state index contributed by atoms with van der Waals surface area (Å²) in [6.45, 7) is 3.44. The van der Waals surface area contributed by atoms with E-state index in [1.807, 2.05) is 43.3 Å². The molecule has 4 rings (SSSR count). The molecule has 154 valence electrons. The maximum absolute atomic E-state index is 13.9. The Morgan fingerprint density at radius 1 is 1.10 bits per heavy atom. The molecule has 0 aliphatic rings. The molecule has 6 nitrogen and oxygen atoms in total. The van der Waals surface area contributed by atoms with E-state index in [-0.39, 0.29) is 11.4 Å². The summed E-state index contributed by atoms with van der Waals surface area (Å²) < 4.78 is 15.6. The van der Waals surface area contributed by atoms with Gasteiger partial charge in [0.15, 0.2) is 5.82 Å². The fraction of sp³-hybridized carbons (Fsp3) is 0.261. The predicted molar refractivity (Wildman–Crippen MR) is 115 cm³/mol. The Balaban J connectivity index is 1.54. The lowest BCUT2D eigenvalue weighted by molar-refractivity contribution is 0.623. The average Bonchev–Trinajstić information content (AvgIpc) is 3.17. The summed E-state index contributed by atoms with van der Waals surface area (Å²) in [6, 6.07) is 16.4. The Labute approximate surface area is 173 Å². The fourth-order valence-electron chi connectivity index (χ4n) is 3.56. The average molecular weight is 405 g/mol. The van der Waals surface area contributed by atoms with Gasteiger partial charge in [0.2, 0.25) is 0 Å². The van der Waals surface area contributed by atoms with Gasteiger partial charge in [0.1, 0.15) is 11.6 Å². The number of hydrogen-bond acceptors (Lipinski definition) is 4. The zero-order valence-electron chi connectivity index (χ0n) is 16.9. The quantitative estimate of drug-likeness (QED) is 0.442. The first-order chi connectivity index (χ1) is 14.6. The number of nitrogens with one attached hydrogen (secondary N) is 2. The molecule has 0 fully saturated rings. The van der Waals surface area contributed by atoms with Crippen molar-refractivity contribution in [3.05, 3.63) is 93.5 Å². The van der Waals surface area contributed by atoms with Crippen LogP contribution in [0.4, 0.5) is 4.39 Å². The maximum atomic E-state index is 13.9. The number of H-pyrrole nitrogens is 1. The molecule has 0 saturated carbocycles. The number of aryl methyl sites for hydroxylation is 3. The van der Waals surface area contributed by atoms with Crippen LogP contribution < -0.4 is 10.9 Å². The van der Waals surface area contributed by atoms with Gasteiger partial charge in [0, 0.05) is 31.6 Å². The van der Waals surface area contributed by atoms with Crippen molar-refractivity contribution in [1.82, 2.24) is 25.1 Å². The van der Waals surface area contributed by atoms with Crippen molar-refractivity contribution in [3.63, 3.8) is 0 Å². The standard InChI is InChI=1S/C23H24FN5O/c1-16-26-22(28-27-16)9-11-25-15-19-13-18-7-8-20(24)14-21(18)29(23(19)30)12-10-17-5-3-2-4-6-17/h2-8,13-14,25H,9-12,15H2,1H3,(H,26,27,28). The molecule has 0 bridgehead atoms. The molecular formula is C23H24FN5O. The Morgan fingerprint density at radius 2 is 1.93 bits per heavy atom. The van der Waals surface area contributed by atoms with Crippen molar-refractivity contribution in [2.75, 3.05) is 6.54 Å². The second-order valence-corrected chi connectivity index (χ2v) is 7.33. The number of nitrogens with zero attached hydrogens (tertiary/aromatic N) is 3. The number of benzene rings is 2. The molecule has 0 aliphatic heterocycles. The molecular weight excluding hydrogens is 381 g/mol. The number of halogens is 1. The lowest BCUT2D eigenvalue weighted by atomic mass is 10.1. The zero-order valence-corrected chi connectivity index (χ0v) is 16.9. The van der Waals surface area contributed by atoms with E-state index in [4.69, 9.17) is 0 Å². The third-order valence-electron chi connectivity index (χ3n) is 5.08. The molecule has 0 atom stereocenters. The molecule has 2 N–H and O–H groups in total. The first kappa shape index (κ1) is 20.0. The Hall–Kier alpha value is -3.32. The van der Waals surface area contributed by atoms with Gasteiger partial charge in [0.25, 0.3) is 5.56 Å². The summed E-state index contributed by atoms with van der Waals surface area (Å²) in [6.07, 6.45) is 1.37. The lowest BCUT2D eigenvalue weighted by Gasteiger charge is -2.14. The maximum Gasteiger partial charge on any atom is 0.255 e. The van der Waals surface area contributed by atoms with Gasteiger partial charge in [-0.2, -0.15) is 5.10 Å². The topological polar surface area (TPSA) is 75.6 Å². The molecule has 7 heteroatoms. The Kier molecular flexibility index (Phi) is 5.99. The Morgan fingerprint density at radius 3 is 2.70 bits per heavy atom. The van der Waals surface area contributed by atoms with E-state index >= 15 is 0 Å².